The van der Waals surface area contributed by atoms with Gasteiger partial charge in [0.2, 0.25) is 0 Å². The van der Waals surface area contributed by atoms with Crippen LogP contribution in [0.25, 0.3) is 10.9 Å². The molecular weight excluding hydrogens is 367 g/mol. The Morgan fingerprint density at radius 1 is 1.11 bits per heavy atom. The van der Waals surface area contributed by atoms with Gasteiger partial charge in [-0.3, -0.25) is 4.79 Å². The number of hydrogen-bond acceptors (Lipinski definition) is 4. The van der Waals surface area contributed by atoms with Gasteiger partial charge in [-0.25, -0.2) is 14.4 Å². The summed E-state index contributed by atoms with van der Waals surface area (Å²) in [6, 6.07) is 11.3. The van der Waals surface area contributed by atoms with Crippen LogP contribution in [-0.4, -0.2) is 35.0 Å². The lowest BCUT2D eigenvalue weighted by molar-refractivity contribution is 0.0931. The third kappa shape index (κ3) is 3.85. The summed E-state index contributed by atoms with van der Waals surface area (Å²) in [6.07, 6.45) is 3.18. The molecule has 5 nitrogen and oxygen atoms in total. The van der Waals surface area contributed by atoms with Crippen LogP contribution in [-0.2, 0) is 0 Å². The second-order valence-corrected chi connectivity index (χ2v) is 7.04. The number of nitrogens with zero attached hydrogens (tertiary/aromatic N) is 3. The van der Waals surface area contributed by atoms with E-state index in [0.29, 0.717) is 10.6 Å². The van der Waals surface area contributed by atoms with Crippen LogP contribution >= 0.6 is 11.6 Å². The summed E-state index contributed by atoms with van der Waals surface area (Å²) in [7, 11) is 0. The van der Waals surface area contributed by atoms with E-state index in [9.17, 15) is 9.18 Å². The van der Waals surface area contributed by atoms with Crippen LogP contribution in [0.15, 0.2) is 48.8 Å². The number of hydrogen-bond donors (Lipinski definition) is 1. The SMILES string of the molecule is O=C(NC1CCN(c2ncnc3cc(Cl)ccc23)CC1)c1ccc(F)cc1. The number of nitrogens with one attached hydrogen (secondary N) is 1. The molecule has 2 heterocycles. The number of fused-ring (bicyclic) bond motifs is 1. The normalized spacial score (nSPS) is 15.1. The van der Waals surface area contributed by atoms with Crippen LogP contribution in [0, 0.1) is 5.82 Å². The van der Waals surface area contributed by atoms with Gasteiger partial charge in [0.05, 0.1) is 5.52 Å². The lowest BCUT2D eigenvalue weighted by Gasteiger charge is -2.33. The second-order valence-electron chi connectivity index (χ2n) is 6.60. The van der Waals surface area contributed by atoms with Crippen LogP contribution in [0.5, 0.6) is 0 Å². The van der Waals surface area contributed by atoms with E-state index >= 15 is 0 Å². The molecule has 0 atom stereocenters. The molecule has 4 rings (SSSR count). The van der Waals surface area contributed by atoms with Gasteiger partial charge >= 0.3 is 0 Å². The lowest BCUT2D eigenvalue weighted by Crippen LogP contribution is -2.45. The van der Waals surface area contributed by atoms with Crippen molar-refractivity contribution in [1.29, 1.82) is 0 Å². The number of anilines is 1. The smallest absolute Gasteiger partial charge is 0.251 e. The minimum Gasteiger partial charge on any atom is -0.356 e. The molecule has 2 aromatic carbocycles. The molecular formula is C20H18ClFN4O. The Labute approximate surface area is 161 Å². The fraction of sp³-hybridized carbons (Fsp3) is 0.250. The highest BCUT2D eigenvalue weighted by molar-refractivity contribution is 6.31. The maximum Gasteiger partial charge on any atom is 0.251 e. The van der Waals surface area contributed by atoms with Crippen molar-refractivity contribution in [2.75, 3.05) is 18.0 Å². The van der Waals surface area contributed by atoms with E-state index in [4.69, 9.17) is 11.6 Å². The molecule has 0 bridgehead atoms. The zero-order valence-corrected chi connectivity index (χ0v) is 15.3. The molecule has 27 heavy (non-hydrogen) atoms. The number of rotatable bonds is 3. The van der Waals surface area contributed by atoms with Gasteiger partial charge in [-0.05, 0) is 55.3 Å². The first-order valence-electron chi connectivity index (χ1n) is 8.82. The number of carbonyl (C=O) groups excluding carboxylic acids is 1. The maximum atomic E-state index is 13.0. The Bertz CT molecular complexity index is 971. The molecule has 0 saturated carbocycles. The molecule has 1 aliphatic heterocycles. The van der Waals surface area contributed by atoms with E-state index in [1.165, 1.54) is 24.3 Å². The largest absolute Gasteiger partial charge is 0.356 e. The third-order valence-electron chi connectivity index (χ3n) is 4.81. The first-order chi connectivity index (χ1) is 13.1. The van der Waals surface area contributed by atoms with Gasteiger partial charge in [0.1, 0.15) is 18.0 Å². The van der Waals surface area contributed by atoms with Crippen molar-refractivity contribution in [3.8, 4) is 0 Å². The molecule has 1 saturated heterocycles. The van der Waals surface area contributed by atoms with Gasteiger partial charge in [-0.1, -0.05) is 11.6 Å². The van der Waals surface area contributed by atoms with Crippen LogP contribution in [0.2, 0.25) is 5.02 Å². The van der Waals surface area contributed by atoms with Gasteiger partial charge in [0.25, 0.3) is 5.91 Å². The summed E-state index contributed by atoms with van der Waals surface area (Å²) in [5.74, 6) is 0.369. The zero-order chi connectivity index (χ0) is 18.8. The highest BCUT2D eigenvalue weighted by Crippen LogP contribution is 2.27. The number of carbonyl (C=O) groups is 1. The molecule has 1 aliphatic rings. The van der Waals surface area contributed by atoms with Crippen LogP contribution in [0.1, 0.15) is 23.2 Å². The van der Waals surface area contributed by atoms with E-state index < -0.39 is 0 Å². The number of halogens is 2. The van der Waals surface area contributed by atoms with Gasteiger partial charge in [-0.2, -0.15) is 0 Å². The summed E-state index contributed by atoms with van der Waals surface area (Å²) >= 11 is 6.05. The minimum absolute atomic E-state index is 0.0846. The fourth-order valence-corrected chi connectivity index (χ4v) is 3.54. The topological polar surface area (TPSA) is 58.1 Å². The summed E-state index contributed by atoms with van der Waals surface area (Å²) < 4.78 is 13.0. The molecule has 3 aromatic rings. The van der Waals surface area contributed by atoms with E-state index in [0.717, 1.165) is 42.7 Å². The van der Waals surface area contributed by atoms with Crippen LogP contribution in [0.3, 0.4) is 0 Å². The Morgan fingerprint density at radius 3 is 2.59 bits per heavy atom. The summed E-state index contributed by atoms with van der Waals surface area (Å²) in [6.45, 7) is 1.56. The average molecular weight is 385 g/mol. The number of benzene rings is 2. The Balaban J connectivity index is 1.42. The molecule has 1 fully saturated rings. The highest BCUT2D eigenvalue weighted by atomic mass is 35.5. The van der Waals surface area contributed by atoms with Crippen molar-refractivity contribution < 1.29 is 9.18 Å². The Kier molecular flexibility index (Phi) is 4.90. The third-order valence-corrected chi connectivity index (χ3v) is 5.05. The summed E-state index contributed by atoms with van der Waals surface area (Å²) in [5, 5.41) is 4.65. The van der Waals surface area contributed by atoms with E-state index in [1.54, 1.807) is 6.33 Å². The standard InChI is InChI=1S/C20H18ClFN4O/c21-14-3-6-17-18(11-14)23-12-24-19(17)26-9-7-16(8-10-26)25-20(27)13-1-4-15(22)5-2-13/h1-6,11-12,16H,7-10H2,(H,25,27). The maximum absolute atomic E-state index is 13.0. The molecule has 0 unspecified atom stereocenters. The van der Waals surface area contributed by atoms with E-state index in [2.05, 4.69) is 20.2 Å². The summed E-state index contributed by atoms with van der Waals surface area (Å²) in [4.78, 5) is 23.2. The van der Waals surface area contributed by atoms with Crippen molar-refractivity contribution in [3.63, 3.8) is 0 Å². The van der Waals surface area contributed by atoms with Crippen molar-refractivity contribution in [2.45, 2.75) is 18.9 Å². The quantitative estimate of drug-likeness (QED) is 0.745. The van der Waals surface area contributed by atoms with Crippen molar-refractivity contribution >= 4 is 34.2 Å². The number of piperidine rings is 1. The Morgan fingerprint density at radius 2 is 1.85 bits per heavy atom. The van der Waals surface area contributed by atoms with Gasteiger partial charge < -0.3 is 10.2 Å². The molecule has 1 N–H and O–H groups in total. The van der Waals surface area contributed by atoms with Gasteiger partial charge in [-0.15, -0.1) is 0 Å². The second kappa shape index (κ2) is 7.48. The molecule has 1 amide bonds. The minimum atomic E-state index is -0.349. The summed E-state index contributed by atoms with van der Waals surface area (Å²) in [5.41, 5.74) is 1.29. The van der Waals surface area contributed by atoms with Crippen LogP contribution in [0.4, 0.5) is 10.2 Å². The first-order valence-corrected chi connectivity index (χ1v) is 9.19. The number of amides is 1. The predicted molar refractivity (Wildman–Crippen MR) is 104 cm³/mol. The van der Waals surface area contributed by atoms with Gasteiger partial charge in [0.15, 0.2) is 0 Å². The average Bonchev–Trinajstić information content (AvgIpc) is 2.68. The van der Waals surface area contributed by atoms with Crippen molar-refractivity contribution in [3.05, 3.63) is 65.2 Å². The molecule has 0 spiro atoms. The van der Waals surface area contributed by atoms with Crippen LogP contribution < -0.4 is 10.2 Å². The van der Waals surface area contributed by atoms with Gasteiger partial charge in [0, 0.05) is 35.1 Å². The molecule has 0 radical (unpaired) electrons. The fourth-order valence-electron chi connectivity index (χ4n) is 3.37. The van der Waals surface area contributed by atoms with Crippen molar-refractivity contribution in [2.24, 2.45) is 0 Å². The lowest BCUT2D eigenvalue weighted by atomic mass is 10.0. The first kappa shape index (κ1) is 17.7. The predicted octanol–water partition coefficient (Wildman–Crippen LogP) is 3.82. The Hall–Kier alpha value is -2.73. The number of aromatic nitrogens is 2. The highest BCUT2D eigenvalue weighted by Gasteiger charge is 2.23. The molecule has 138 valence electrons. The monoisotopic (exact) mass is 384 g/mol. The van der Waals surface area contributed by atoms with Crippen molar-refractivity contribution in [1.82, 2.24) is 15.3 Å². The molecule has 0 aliphatic carbocycles. The molecule has 7 heteroatoms. The zero-order valence-electron chi connectivity index (χ0n) is 14.5. The van der Waals surface area contributed by atoms with E-state index in [-0.39, 0.29) is 17.8 Å². The van der Waals surface area contributed by atoms with E-state index in [1.807, 2.05) is 18.2 Å². The molecule has 1 aromatic heterocycles.